The Bertz CT molecular complexity index is 267. The molecule has 0 radical (unpaired) electrons. The number of allylic oxidation sites excluding steroid dienone is 1. The topological polar surface area (TPSA) is 37.4 Å². The van der Waals surface area contributed by atoms with Crippen molar-refractivity contribution in [1.82, 2.24) is 4.90 Å². The molecule has 0 atom stereocenters. The van der Waals surface area contributed by atoms with Crippen LogP contribution in [0.5, 0.6) is 0 Å². The van der Waals surface area contributed by atoms with E-state index in [0.717, 1.165) is 25.8 Å². The van der Waals surface area contributed by atoms with Gasteiger partial charge in [0.1, 0.15) is 6.04 Å². The van der Waals surface area contributed by atoms with Gasteiger partial charge in [-0.25, -0.2) is 0 Å². The average molecular weight is 193 g/mol. The second-order valence-electron chi connectivity index (χ2n) is 3.95. The summed E-state index contributed by atoms with van der Waals surface area (Å²) in [4.78, 5) is 25.1. The van der Waals surface area contributed by atoms with Gasteiger partial charge in [-0.1, -0.05) is 6.08 Å². The van der Waals surface area contributed by atoms with E-state index in [1.54, 1.807) is 0 Å². The van der Waals surface area contributed by atoms with Gasteiger partial charge in [-0.3, -0.25) is 9.59 Å². The lowest BCUT2D eigenvalue weighted by atomic mass is 9.91. The lowest BCUT2D eigenvalue weighted by Crippen LogP contribution is -2.47. The minimum Gasteiger partial charge on any atom is -0.362 e. The minimum atomic E-state index is -0.458. The number of Topliss-reactive ketones (excluding diaryl/α,β-unsaturated/α-hetero) is 2. The molecule has 1 aliphatic carbocycles. The molecule has 1 saturated carbocycles. The predicted molar refractivity (Wildman–Crippen MR) is 52.7 cm³/mol. The summed E-state index contributed by atoms with van der Waals surface area (Å²) in [7, 11) is 0. The Hall–Kier alpha value is -1.12. The Morgan fingerprint density at radius 3 is 2.43 bits per heavy atom. The maximum absolute atomic E-state index is 11.6. The summed E-state index contributed by atoms with van der Waals surface area (Å²) >= 11 is 0. The van der Waals surface area contributed by atoms with E-state index in [4.69, 9.17) is 0 Å². The van der Waals surface area contributed by atoms with Crippen LogP contribution in [0, 0.1) is 0 Å². The third kappa shape index (κ3) is 1.72. The van der Waals surface area contributed by atoms with Crippen molar-refractivity contribution in [1.29, 1.82) is 0 Å². The van der Waals surface area contributed by atoms with Crippen LogP contribution in [0.4, 0.5) is 0 Å². The maximum Gasteiger partial charge on any atom is 0.162 e. The van der Waals surface area contributed by atoms with Gasteiger partial charge in [0, 0.05) is 19.4 Å². The molecule has 0 unspecified atom stereocenters. The van der Waals surface area contributed by atoms with Gasteiger partial charge in [0.2, 0.25) is 0 Å². The van der Waals surface area contributed by atoms with Crippen molar-refractivity contribution >= 4 is 11.6 Å². The fourth-order valence-electron chi connectivity index (χ4n) is 2.15. The molecular formula is C11H15NO2. The van der Waals surface area contributed by atoms with Gasteiger partial charge in [0.05, 0.1) is 0 Å². The molecule has 2 aliphatic rings. The molecule has 3 heteroatoms. The molecule has 1 heterocycles. The summed E-state index contributed by atoms with van der Waals surface area (Å²) in [5.41, 5.74) is 0. The Balaban J connectivity index is 2.13. The van der Waals surface area contributed by atoms with Gasteiger partial charge < -0.3 is 4.90 Å². The molecule has 3 nitrogen and oxygen atoms in total. The highest BCUT2D eigenvalue weighted by molar-refractivity contribution is 6.08. The number of nitrogens with zero attached hydrogens (tertiary/aromatic N) is 1. The molecule has 1 fully saturated rings. The fourth-order valence-corrected chi connectivity index (χ4v) is 2.15. The highest BCUT2D eigenvalue weighted by Crippen LogP contribution is 2.19. The molecule has 0 aromatic carbocycles. The van der Waals surface area contributed by atoms with E-state index in [1.807, 2.05) is 17.2 Å². The van der Waals surface area contributed by atoms with E-state index in [2.05, 4.69) is 0 Å². The van der Waals surface area contributed by atoms with Crippen LogP contribution in [0.3, 0.4) is 0 Å². The molecule has 0 bridgehead atoms. The third-order valence-corrected chi connectivity index (χ3v) is 2.87. The van der Waals surface area contributed by atoms with E-state index in [9.17, 15) is 9.59 Å². The maximum atomic E-state index is 11.6. The van der Waals surface area contributed by atoms with E-state index in [-0.39, 0.29) is 11.6 Å². The first kappa shape index (κ1) is 9.44. The normalized spacial score (nSPS) is 24.4. The van der Waals surface area contributed by atoms with E-state index < -0.39 is 6.04 Å². The van der Waals surface area contributed by atoms with Gasteiger partial charge in [-0.15, -0.1) is 0 Å². The SMILES string of the molecule is O=C1CCCC(=O)C1N1C=CCCC1. The van der Waals surface area contributed by atoms with Crippen LogP contribution in [-0.4, -0.2) is 29.1 Å². The fraction of sp³-hybridized carbons (Fsp3) is 0.636. The smallest absolute Gasteiger partial charge is 0.162 e. The van der Waals surface area contributed by atoms with Crippen molar-refractivity contribution in [2.45, 2.75) is 38.1 Å². The Morgan fingerprint density at radius 2 is 1.86 bits per heavy atom. The summed E-state index contributed by atoms with van der Waals surface area (Å²) in [6.07, 6.45) is 7.94. The summed E-state index contributed by atoms with van der Waals surface area (Å²) in [5.74, 6) is 0.209. The summed E-state index contributed by atoms with van der Waals surface area (Å²) in [5, 5.41) is 0. The summed E-state index contributed by atoms with van der Waals surface area (Å²) in [6.45, 7) is 0.846. The summed E-state index contributed by atoms with van der Waals surface area (Å²) < 4.78 is 0. The van der Waals surface area contributed by atoms with E-state index >= 15 is 0 Å². The van der Waals surface area contributed by atoms with Gasteiger partial charge in [-0.2, -0.15) is 0 Å². The molecule has 0 spiro atoms. The van der Waals surface area contributed by atoms with Gasteiger partial charge in [0.15, 0.2) is 11.6 Å². The number of carbonyl (C=O) groups is 2. The van der Waals surface area contributed by atoms with Crippen LogP contribution in [0.1, 0.15) is 32.1 Å². The number of rotatable bonds is 1. The third-order valence-electron chi connectivity index (χ3n) is 2.87. The zero-order chi connectivity index (χ0) is 9.97. The van der Waals surface area contributed by atoms with Gasteiger partial charge >= 0.3 is 0 Å². The standard InChI is InChI=1S/C11H15NO2/c13-9-5-4-6-10(14)11(9)12-7-2-1-3-8-12/h2,7,11H,1,3-6,8H2. The van der Waals surface area contributed by atoms with Crippen LogP contribution in [0.15, 0.2) is 12.3 Å². The second-order valence-corrected chi connectivity index (χ2v) is 3.95. The number of ketones is 2. The highest BCUT2D eigenvalue weighted by atomic mass is 16.2. The molecule has 0 aromatic rings. The molecule has 0 amide bonds. The monoisotopic (exact) mass is 193 g/mol. The first-order chi connectivity index (χ1) is 6.79. The number of carbonyl (C=O) groups excluding carboxylic acids is 2. The lowest BCUT2D eigenvalue weighted by Gasteiger charge is -2.32. The van der Waals surface area contributed by atoms with Crippen molar-refractivity contribution < 1.29 is 9.59 Å². The molecule has 14 heavy (non-hydrogen) atoms. The zero-order valence-corrected chi connectivity index (χ0v) is 8.24. The Morgan fingerprint density at radius 1 is 1.14 bits per heavy atom. The average Bonchev–Trinajstić information content (AvgIpc) is 2.19. The molecule has 1 aliphatic heterocycles. The predicted octanol–water partition coefficient (Wildman–Crippen LogP) is 1.29. The summed E-state index contributed by atoms with van der Waals surface area (Å²) in [6, 6.07) is -0.458. The van der Waals surface area contributed by atoms with Crippen LogP contribution < -0.4 is 0 Å². The Labute approximate surface area is 83.8 Å². The van der Waals surface area contributed by atoms with Crippen LogP contribution in [0.2, 0.25) is 0 Å². The lowest BCUT2D eigenvalue weighted by molar-refractivity contribution is -0.136. The second kappa shape index (κ2) is 3.95. The van der Waals surface area contributed by atoms with Gasteiger partial charge in [-0.05, 0) is 25.5 Å². The number of hydrogen-bond donors (Lipinski definition) is 0. The van der Waals surface area contributed by atoms with Crippen molar-refractivity contribution in [3.8, 4) is 0 Å². The first-order valence-electron chi connectivity index (χ1n) is 5.27. The molecule has 76 valence electrons. The van der Waals surface area contributed by atoms with Crippen LogP contribution in [0.25, 0.3) is 0 Å². The molecular weight excluding hydrogens is 178 g/mol. The van der Waals surface area contributed by atoms with E-state index in [1.165, 1.54) is 0 Å². The molecule has 0 N–H and O–H groups in total. The van der Waals surface area contributed by atoms with Crippen molar-refractivity contribution in [2.75, 3.05) is 6.54 Å². The van der Waals surface area contributed by atoms with Crippen molar-refractivity contribution in [2.24, 2.45) is 0 Å². The zero-order valence-electron chi connectivity index (χ0n) is 8.24. The van der Waals surface area contributed by atoms with Crippen molar-refractivity contribution in [3.05, 3.63) is 12.3 Å². The Kier molecular flexibility index (Phi) is 2.66. The molecule has 2 rings (SSSR count). The van der Waals surface area contributed by atoms with E-state index in [0.29, 0.717) is 12.8 Å². The number of hydrogen-bond acceptors (Lipinski definition) is 3. The van der Waals surface area contributed by atoms with Crippen molar-refractivity contribution in [3.63, 3.8) is 0 Å². The largest absolute Gasteiger partial charge is 0.362 e. The van der Waals surface area contributed by atoms with Gasteiger partial charge in [0.25, 0.3) is 0 Å². The highest BCUT2D eigenvalue weighted by Gasteiger charge is 2.33. The minimum absolute atomic E-state index is 0.104. The molecule has 0 aromatic heterocycles. The van der Waals surface area contributed by atoms with Crippen LogP contribution in [-0.2, 0) is 9.59 Å². The first-order valence-corrected chi connectivity index (χ1v) is 5.27. The quantitative estimate of drug-likeness (QED) is 0.589. The molecule has 0 saturated heterocycles. The van der Waals surface area contributed by atoms with Crippen LogP contribution >= 0.6 is 0 Å².